The molecule has 2 bridgehead atoms. The van der Waals surface area contributed by atoms with E-state index in [0.29, 0.717) is 30.0 Å². The van der Waals surface area contributed by atoms with Gasteiger partial charge >= 0.3 is 0 Å². The number of aryl methyl sites for hydroxylation is 1. The lowest BCUT2D eigenvalue weighted by Crippen LogP contribution is -2.48. The number of hydrogen-bond donors (Lipinski definition) is 2. The number of amides is 1. The Morgan fingerprint density at radius 2 is 2.03 bits per heavy atom. The molecule has 2 unspecified atom stereocenters. The second kappa shape index (κ2) is 7.52. The second-order valence-corrected chi connectivity index (χ2v) is 8.30. The van der Waals surface area contributed by atoms with Crippen molar-refractivity contribution in [3.05, 3.63) is 65.6 Å². The van der Waals surface area contributed by atoms with Crippen LogP contribution in [0.25, 0.3) is 5.65 Å². The number of fused-ring (bicyclic) bond motifs is 3. The monoisotopic (exact) mass is 390 g/mol. The van der Waals surface area contributed by atoms with E-state index in [0.717, 1.165) is 24.2 Å². The molecular weight excluding hydrogens is 364 g/mol. The number of imidazole rings is 1. The summed E-state index contributed by atoms with van der Waals surface area (Å²) in [6, 6.07) is 12.8. The molecule has 2 saturated heterocycles. The normalized spacial score (nSPS) is 23.3. The van der Waals surface area contributed by atoms with Crippen molar-refractivity contribution in [1.29, 1.82) is 0 Å². The average molecular weight is 390 g/mol. The molecule has 29 heavy (non-hydrogen) atoms. The summed E-state index contributed by atoms with van der Waals surface area (Å²) in [6.07, 6.45) is 8.51. The molecule has 6 heteroatoms. The molecule has 2 atom stereocenters. The van der Waals surface area contributed by atoms with Gasteiger partial charge in [0.2, 0.25) is 0 Å². The van der Waals surface area contributed by atoms with Crippen molar-refractivity contribution < 1.29 is 9.53 Å². The van der Waals surface area contributed by atoms with Crippen LogP contribution >= 0.6 is 0 Å². The van der Waals surface area contributed by atoms with Gasteiger partial charge in [0.25, 0.3) is 5.91 Å². The second-order valence-electron chi connectivity index (χ2n) is 8.30. The predicted octanol–water partition coefficient (Wildman–Crippen LogP) is 3.23. The van der Waals surface area contributed by atoms with Crippen LogP contribution in [-0.4, -0.2) is 33.4 Å². The Kier molecular flexibility index (Phi) is 4.72. The Labute approximate surface area is 170 Å². The lowest BCUT2D eigenvalue weighted by molar-refractivity contribution is 0.0923. The molecule has 1 amide bonds. The molecule has 4 heterocycles. The topological polar surface area (TPSA) is 67.7 Å². The van der Waals surface area contributed by atoms with Crippen LogP contribution in [0.2, 0.25) is 0 Å². The Morgan fingerprint density at radius 1 is 1.21 bits per heavy atom. The van der Waals surface area contributed by atoms with Crippen molar-refractivity contribution in [2.24, 2.45) is 0 Å². The van der Waals surface area contributed by atoms with Crippen LogP contribution in [0.3, 0.4) is 0 Å². The Bertz CT molecular complexity index is 1030. The zero-order chi connectivity index (χ0) is 19.8. The molecule has 2 aromatic heterocycles. The quantitative estimate of drug-likeness (QED) is 0.702. The minimum absolute atomic E-state index is 0.0232. The van der Waals surface area contributed by atoms with Crippen molar-refractivity contribution in [3.8, 4) is 5.75 Å². The van der Waals surface area contributed by atoms with Crippen LogP contribution < -0.4 is 15.4 Å². The Morgan fingerprint density at radius 3 is 2.86 bits per heavy atom. The third-order valence-corrected chi connectivity index (χ3v) is 5.94. The predicted molar refractivity (Wildman–Crippen MR) is 111 cm³/mol. The maximum atomic E-state index is 12.7. The van der Waals surface area contributed by atoms with Gasteiger partial charge in [-0.25, -0.2) is 4.98 Å². The molecule has 2 N–H and O–H groups in total. The summed E-state index contributed by atoms with van der Waals surface area (Å²) in [6.45, 7) is 2.42. The molecule has 2 aliphatic rings. The summed E-state index contributed by atoms with van der Waals surface area (Å²) in [5.41, 5.74) is 3.58. The lowest BCUT2D eigenvalue weighted by Gasteiger charge is -2.29. The Balaban J connectivity index is 1.22. The molecule has 0 aliphatic carbocycles. The number of aromatic nitrogens is 2. The first-order valence-electron chi connectivity index (χ1n) is 10.4. The van der Waals surface area contributed by atoms with Gasteiger partial charge in [-0.2, -0.15) is 0 Å². The van der Waals surface area contributed by atoms with Gasteiger partial charge in [-0.15, -0.1) is 0 Å². The van der Waals surface area contributed by atoms with Crippen LogP contribution in [0.4, 0.5) is 0 Å². The van der Waals surface area contributed by atoms with Crippen LogP contribution in [0, 0.1) is 6.92 Å². The fourth-order valence-electron chi connectivity index (χ4n) is 4.55. The van der Waals surface area contributed by atoms with Crippen LogP contribution in [-0.2, 0) is 6.61 Å². The molecule has 0 spiro atoms. The molecule has 1 aromatic carbocycles. The van der Waals surface area contributed by atoms with Gasteiger partial charge in [-0.05, 0) is 62.4 Å². The summed E-state index contributed by atoms with van der Waals surface area (Å²) in [5.74, 6) is 0.654. The zero-order valence-corrected chi connectivity index (χ0v) is 16.6. The van der Waals surface area contributed by atoms with Gasteiger partial charge < -0.3 is 19.8 Å². The minimum Gasteiger partial charge on any atom is -0.487 e. The van der Waals surface area contributed by atoms with E-state index in [1.807, 2.05) is 53.2 Å². The number of pyridine rings is 1. The van der Waals surface area contributed by atoms with E-state index in [2.05, 4.69) is 22.5 Å². The first-order valence-corrected chi connectivity index (χ1v) is 10.4. The number of carbonyl (C=O) groups excluding carboxylic acids is 1. The molecule has 0 saturated carbocycles. The molecule has 2 aliphatic heterocycles. The third-order valence-electron chi connectivity index (χ3n) is 5.94. The first-order chi connectivity index (χ1) is 14.1. The number of carbonyl (C=O) groups is 1. The molecular formula is C23H26N4O2. The SMILES string of the molecule is Cc1ccc2nc(COc3cccc(C(=O)NC4CC5CCC(C4)N5)c3)cn2c1. The largest absolute Gasteiger partial charge is 0.487 e. The highest BCUT2D eigenvalue weighted by Crippen LogP contribution is 2.27. The molecule has 5 rings (SSSR count). The lowest BCUT2D eigenvalue weighted by atomic mass is 9.99. The van der Waals surface area contributed by atoms with Crippen molar-refractivity contribution in [1.82, 2.24) is 20.0 Å². The van der Waals surface area contributed by atoms with Gasteiger partial charge in [0.1, 0.15) is 18.0 Å². The van der Waals surface area contributed by atoms with Crippen molar-refractivity contribution >= 4 is 11.6 Å². The van der Waals surface area contributed by atoms with Gasteiger partial charge in [0, 0.05) is 36.1 Å². The standard InChI is InChI=1S/C23H26N4O2/c1-15-5-8-22-25-20(13-27(22)12-15)14-29-21-4-2-3-16(9-21)23(28)26-19-10-17-6-7-18(11-19)24-17/h2-5,8-9,12-13,17-19,24H,6-7,10-11,14H2,1H3,(H,26,28). The maximum Gasteiger partial charge on any atom is 0.251 e. The van der Waals surface area contributed by atoms with Gasteiger partial charge in [-0.1, -0.05) is 12.1 Å². The smallest absolute Gasteiger partial charge is 0.251 e. The van der Waals surface area contributed by atoms with Crippen LogP contribution in [0.15, 0.2) is 48.8 Å². The number of piperidine rings is 1. The molecule has 150 valence electrons. The third kappa shape index (κ3) is 3.98. The molecule has 2 fully saturated rings. The maximum absolute atomic E-state index is 12.7. The zero-order valence-electron chi connectivity index (χ0n) is 16.6. The van der Waals surface area contributed by atoms with E-state index in [9.17, 15) is 4.79 Å². The van der Waals surface area contributed by atoms with E-state index in [1.165, 1.54) is 18.4 Å². The van der Waals surface area contributed by atoms with E-state index in [1.54, 1.807) is 0 Å². The fraction of sp³-hybridized carbons (Fsp3) is 0.391. The fourth-order valence-corrected chi connectivity index (χ4v) is 4.55. The molecule has 3 aromatic rings. The summed E-state index contributed by atoms with van der Waals surface area (Å²) >= 11 is 0. The summed E-state index contributed by atoms with van der Waals surface area (Å²) < 4.78 is 7.91. The number of benzene rings is 1. The van der Waals surface area contributed by atoms with E-state index >= 15 is 0 Å². The van der Waals surface area contributed by atoms with E-state index < -0.39 is 0 Å². The highest BCUT2D eigenvalue weighted by molar-refractivity contribution is 5.94. The minimum atomic E-state index is -0.0232. The molecule has 0 radical (unpaired) electrons. The number of hydrogen-bond acceptors (Lipinski definition) is 4. The summed E-state index contributed by atoms with van der Waals surface area (Å²) in [4.78, 5) is 17.3. The van der Waals surface area contributed by atoms with Gasteiger partial charge in [0.05, 0.1) is 5.69 Å². The van der Waals surface area contributed by atoms with Crippen LogP contribution in [0.5, 0.6) is 5.75 Å². The number of nitrogens with one attached hydrogen (secondary N) is 2. The van der Waals surface area contributed by atoms with Crippen LogP contribution in [0.1, 0.15) is 47.3 Å². The highest BCUT2D eigenvalue weighted by Gasteiger charge is 2.34. The van der Waals surface area contributed by atoms with Gasteiger partial charge in [0.15, 0.2) is 0 Å². The first kappa shape index (κ1) is 18.2. The number of nitrogens with zero attached hydrogens (tertiary/aromatic N) is 2. The molecule has 6 nitrogen and oxygen atoms in total. The van der Waals surface area contributed by atoms with Gasteiger partial charge in [-0.3, -0.25) is 4.79 Å². The number of ether oxygens (including phenoxy) is 1. The van der Waals surface area contributed by atoms with E-state index in [-0.39, 0.29) is 11.9 Å². The van der Waals surface area contributed by atoms with Crippen molar-refractivity contribution in [2.45, 2.75) is 57.3 Å². The van der Waals surface area contributed by atoms with Crippen molar-refractivity contribution in [2.75, 3.05) is 0 Å². The highest BCUT2D eigenvalue weighted by atomic mass is 16.5. The Hall–Kier alpha value is -2.86. The number of rotatable bonds is 5. The summed E-state index contributed by atoms with van der Waals surface area (Å²) in [7, 11) is 0. The van der Waals surface area contributed by atoms with E-state index in [4.69, 9.17) is 4.74 Å². The average Bonchev–Trinajstić information content (AvgIpc) is 3.28. The summed E-state index contributed by atoms with van der Waals surface area (Å²) in [5, 5.41) is 6.82. The van der Waals surface area contributed by atoms with Crippen molar-refractivity contribution in [3.63, 3.8) is 0 Å².